The number of benzene rings is 2. The minimum atomic E-state index is -0.384. The van der Waals surface area contributed by atoms with Gasteiger partial charge in [0.1, 0.15) is 5.82 Å². The van der Waals surface area contributed by atoms with Crippen molar-refractivity contribution in [1.82, 2.24) is 5.43 Å². The van der Waals surface area contributed by atoms with Gasteiger partial charge in [0.15, 0.2) is 0 Å². The highest BCUT2D eigenvalue weighted by molar-refractivity contribution is 9.10. The van der Waals surface area contributed by atoms with Crippen molar-refractivity contribution in [3.05, 3.63) is 67.9 Å². The summed E-state index contributed by atoms with van der Waals surface area (Å²) in [5, 5.41) is 0. The lowest BCUT2D eigenvalue weighted by molar-refractivity contribution is 0.558. The van der Waals surface area contributed by atoms with Crippen molar-refractivity contribution in [3.8, 4) is 0 Å². The molecule has 0 amide bonds. The first kappa shape index (κ1) is 14.7. The molecule has 0 saturated heterocycles. The molecule has 0 bridgehead atoms. The summed E-state index contributed by atoms with van der Waals surface area (Å²) < 4.78 is 15.8. The van der Waals surface area contributed by atoms with E-state index >= 15 is 0 Å². The summed E-state index contributed by atoms with van der Waals surface area (Å²) in [6.45, 7) is 1.97. The minimum Gasteiger partial charge on any atom is -0.271 e. The van der Waals surface area contributed by atoms with Crippen LogP contribution in [0.15, 0.2) is 45.3 Å². The normalized spacial score (nSPS) is 12.5. The lowest BCUT2D eigenvalue weighted by atomic mass is 9.95. The van der Waals surface area contributed by atoms with Crippen LogP contribution in [0.4, 0.5) is 4.39 Å². The molecule has 2 aromatic rings. The number of rotatable bonds is 3. The zero-order chi connectivity index (χ0) is 14.0. The third-order valence-corrected chi connectivity index (χ3v) is 3.97. The van der Waals surface area contributed by atoms with Gasteiger partial charge in [0.25, 0.3) is 0 Å². The zero-order valence-electron chi connectivity index (χ0n) is 10.3. The Morgan fingerprint density at radius 2 is 1.68 bits per heavy atom. The molecule has 0 heterocycles. The number of hydrogen-bond donors (Lipinski definition) is 2. The van der Waals surface area contributed by atoms with E-state index < -0.39 is 0 Å². The average Bonchev–Trinajstić information content (AvgIpc) is 2.36. The molecule has 1 atom stereocenters. The molecule has 1 unspecified atom stereocenters. The quantitative estimate of drug-likeness (QED) is 0.611. The molecule has 3 N–H and O–H groups in total. The van der Waals surface area contributed by atoms with E-state index in [0.29, 0.717) is 5.56 Å². The van der Waals surface area contributed by atoms with E-state index in [1.54, 1.807) is 12.1 Å². The van der Waals surface area contributed by atoms with Gasteiger partial charge < -0.3 is 0 Å². The molecule has 2 nitrogen and oxygen atoms in total. The lowest BCUT2D eigenvalue weighted by Gasteiger charge is -2.20. The van der Waals surface area contributed by atoms with Crippen molar-refractivity contribution in [2.45, 2.75) is 13.0 Å². The Balaban J connectivity index is 2.52. The highest BCUT2D eigenvalue weighted by atomic mass is 79.9. The fourth-order valence-electron chi connectivity index (χ4n) is 2.05. The van der Waals surface area contributed by atoms with Crippen molar-refractivity contribution in [2.24, 2.45) is 5.84 Å². The summed E-state index contributed by atoms with van der Waals surface area (Å²) >= 11 is 6.77. The molecule has 19 heavy (non-hydrogen) atoms. The Bertz CT molecular complexity index is 602. The summed E-state index contributed by atoms with van der Waals surface area (Å²) in [6.07, 6.45) is 0. The summed E-state index contributed by atoms with van der Waals surface area (Å²) in [5.74, 6) is 5.34. The molecule has 2 aromatic carbocycles. The van der Waals surface area contributed by atoms with Crippen molar-refractivity contribution >= 4 is 31.9 Å². The maximum Gasteiger partial charge on any atom is 0.128 e. The predicted octanol–water partition coefficient (Wildman–Crippen LogP) is 4.21. The summed E-state index contributed by atoms with van der Waals surface area (Å²) in [7, 11) is 0. The molecule has 100 valence electrons. The van der Waals surface area contributed by atoms with Gasteiger partial charge in [-0.25, -0.2) is 9.82 Å². The Hall–Kier alpha value is -0.750. The van der Waals surface area contributed by atoms with Crippen LogP contribution in [-0.2, 0) is 0 Å². The van der Waals surface area contributed by atoms with Crippen molar-refractivity contribution in [3.63, 3.8) is 0 Å². The second-order valence-electron chi connectivity index (χ2n) is 4.27. The first-order valence-corrected chi connectivity index (χ1v) is 7.28. The molecule has 2 rings (SSSR count). The van der Waals surface area contributed by atoms with Crippen LogP contribution in [0, 0.1) is 12.7 Å². The van der Waals surface area contributed by atoms with E-state index in [1.165, 1.54) is 6.07 Å². The second kappa shape index (κ2) is 6.13. The van der Waals surface area contributed by atoms with E-state index in [1.807, 2.05) is 25.1 Å². The molecule has 0 aliphatic carbocycles. The van der Waals surface area contributed by atoms with Gasteiger partial charge in [-0.2, -0.15) is 0 Å². The van der Waals surface area contributed by atoms with Crippen LogP contribution in [0.3, 0.4) is 0 Å². The Morgan fingerprint density at radius 3 is 2.32 bits per heavy atom. The van der Waals surface area contributed by atoms with Gasteiger partial charge in [-0.3, -0.25) is 5.84 Å². The summed E-state index contributed by atoms with van der Waals surface area (Å²) in [4.78, 5) is 0. The number of hydrogen-bond acceptors (Lipinski definition) is 2. The Kier molecular flexibility index (Phi) is 4.73. The number of nitrogens with one attached hydrogen (secondary N) is 1. The van der Waals surface area contributed by atoms with E-state index in [2.05, 4.69) is 37.3 Å². The molecule has 0 aliphatic heterocycles. The van der Waals surface area contributed by atoms with Gasteiger partial charge in [0.2, 0.25) is 0 Å². The fraction of sp³-hybridized carbons (Fsp3) is 0.143. The van der Waals surface area contributed by atoms with Crippen LogP contribution < -0.4 is 11.3 Å². The lowest BCUT2D eigenvalue weighted by Crippen LogP contribution is -2.30. The fourth-order valence-corrected chi connectivity index (χ4v) is 2.90. The van der Waals surface area contributed by atoms with E-state index in [4.69, 9.17) is 5.84 Å². The van der Waals surface area contributed by atoms with Crippen LogP contribution in [-0.4, -0.2) is 0 Å². The SMILES string of the molecule is Cc1cc(Br)ccc1C(NN)c1cc(Br)ccc1F. The molecular formula is C14H13Br2FN2. The van der Waals surface area contributed by atoms with E-state index in [-0.39, 0.29) is 11.9 Å². The smallest absolute Gasteiger partial charge is 0.128 e. The third-order valence-electron chi connectivity index (χ3n) is 2.98. The first-order chi connectivity index (χ1) is 9.02. The molecule has 0 spiro atoms. The van der Waals surface area contributed by atoms with Crippen LogP contribution in [0.1, 0.15) is 22.7 Å². The van der Waals surface area contributed by atoms with Gasteiger partial charge in [-0.05, 0) is 48.4 Å². The molecule has 0 aromatic heterocycles. The largest absolute Gasteiger partial charge is 0.271 e. The number of halogens is 3. The zero-order valence-corrected chi connectivity index (χ0v) is 13.4. The predicted molar refractivity (Wildman–Crippen MR) is 82.1 cm³/mol. The Labute approximate surface area is 128 Å². The molecule has 0 fully saturated rings. The summed E-state index contributed by atoms with van der Waals surface area (Å²) in [6, 6.07) is 10.3. The molecular weight excluding hydrogens is 375 g/mol. The molecule has 0 aliphatic rings. The van der Waals surface area contributed by atoms with Gasteiger partial charge in [0.05, 0.1) is 6.04 Å². The van der Waals surface area contributed by atoms with Crippen LogP contribution in [0.5, 0.6) is 0 Å². The highest BCUT2D eigenvalue weighted by Crippen LogP contribution is 2.29. The summed E-state index contributed by atoms with van der Waals surface area (Å²) in [5.41, 5.74) is 5.19. The van der Waals surface area contributed by atoms with Gasteiger partial charge >= 0.3 is 0 Å². The maximum atomic E-state index is 14.0. The molecule has 0 radical (unpaired) electrons. The van der Waals surface area contributed by atoms with Crippen LogP contribution in [0.25, 0.3) is 0 Å². The topological polar surface area (TPSA) is 38.0 Å². The standard InChI is InChI=1S/C14H13Br2FN2/c1-8-6-9(15)2-4-11(8)14(19-18)12-7-10(16)3-5-13(12)17/h2-7,14,19H,18H2,1H3. The van der Waals surface area contributed by atoms with Crippen molar-refractivity contribution in [1.29, 1.82) is 0 Å². The van der Waals surface area contributed by atoms with Crippen LogP contribution >= 0.6 is 31.9 Å². The highest BCUT2D eigenvalue weighted by Gasteiger charge is 2.18. The van der Waals surface area contributed by atoms with E-state index in [9.17, 15) is 4.39 Å². The number of nitrogens with two attached hydrogens (primary N) is 1. The maximum absolute atomic E-state index is 14.0. The van der Waals surface area contributed by atoms with Crippen LogP contribution in [0.2, 0.25) is 0 Å². The third kappa shape index (κ3) is 3.23. The number of aryl methyl sites for hydroxylation is 1. The number of hydrazine groups is 1. The van der Waals surface area contributed by atoms with Crippen molar-refractivity contribution < 1.29 is 4.39 Å². The Morgan fingerprint density at radius 1 is 1.05 bits per heavy atom. The van der Waals surface area contributed by atoms with Crippen molar-refractivity contribution in [2.75, 3.05) is 0 Å². The minimum absolute atomic E-state index is 0.284. The molecule has 0 saturated carbocycles. The van der Waals surface area contributed by atoms with Gasteiger partial charge in [-0.15, -0.1) is 0 Å². The van der Waals surface area contributed by atoms with E-state index in [0.717, 1.165) is 20.1 Å². The average molecular weight is 388 g/mol. The monoisotopic (exact) mass is 386 g/mol. The van der Waals surface area contributed by atoms with Gasteiger partial charge in [0, 0.05) is 14.5 Å². The first-order valence-electron chi connectivity index (χ1n) is 5.70. The second-order valence-corrected chi connectivity index (χ2v) is 6.10. The van der Waals surface area contributed by atoms with Gasteiger partial charge in [-0.1, -0.05) is 37.9 Å². The molecule has 5 heteroatoms.